The summed E-state index contributed by atoms with van der Waals surface area (Å²) in [5.41, 5.74) is 1.75. The summed E-state index contributed by atoms with van der Waals surface area (Å²) in [5.74, 6) is 1.00. The van der Waals surface area contributed by atoms with Crippen molar-refractivity contribution in [3.63, 3.8) is 0 Å². The zero-order valence-electron chi connectivity index (χ0n) is 15.2. The number of benzene rings is 2. The first-order valence-corrected chi connectivity index (χ1v) is 8.46. The van der Waals surface area contributed by atoms with Gasteiger partial charge in [-0.1, -0.05) is 6.07 Å². The molecular weight excluding hydrogens is 333 g/mol. The Bertz CT molecular complexity index is 812. The largest absolute Gasteiger partial charge is 0.497 e. The molecule has 0 radical (unpaired) electrons. The highest BCUT2D eigenvalue weighted by Crippen LogP contribution is 2.32. The average Bonchev–Trinajstić information content (AvgIpc) is 3.17. The molecule has 2 aromatic carbocycles. The van der Waals surface area contributed by atoms with E-state index >= 15 is 0 Å². The molecule has 1 saturated heterocycles. The predicted octanol–water partition coefficient (Wildman–Crippen LogP) is 3.43. The molecule has 1 atom stereocenters. The van der Waals surface area contributed by atoms with Crippen LogP contribution in [0.2, 0.25) is 0 Å². The predicted molar refractivity (Wildman–Crippen MR) is 99.7 cm³/mol. The molecule has 3 rings (SSSR count). The maximum absolute atomic E-state index is 13.9. The number of methoxy groups -OCH3 is 2. The molecule has 1 aliphatic heterocycles. The molecule has 1 heterocycles. The molecule has 0 amide bonds. The lowest BCUT2D eigenvalue weighted by Crippen LogP contribution is -2.35. The summed E-state index contributed by atoms with van der Waals surface area (Å²) < 4.78 is 24.6. The minimum atomic E-state index is -0.482. The summed E-state index contributed by atoms with van der Waals surface area (Å²) in [5, 5.41) is 9.28. The van der Waals surface area contributed by atoms with Crippen LogP contribution in [0.1, 0.15) is 12.0 Å². The smallest absolute Gasteiger partial charge is 0.143 e. The lowest BCUT2D eigenvalue weighted by molar-refractivity contribution is 0.394. The Kier molecular flexibility index (Phi) is 5.17. The van der Waals surface area contributed by atoms with Crippen LogP contribution in [-0.4, -0.2) is 40.4 Å². The Balaban J connectivity index is 1.81. The van der Waals surface area contributed by atoms with Gasteiger partial charge in [-0.05, 0) is 18.6 Å². The highest BCUT2D eigenvalue weighted by molar-refractivity contribution is 5.61. The molecule has 0 spiro atoms. The topological polar surface area (TPSA) is 48.7 Å². The summed E-state index contributed by atoms with van der Waals surface area (Å²) in [7, 11) is 5.18. The van der Waals surface area contributed by atoms with Gasteiger partial charge in [-0.15, -0.1) is 0 Å². The summed E-state index contributed by atoms with van der Waals surface area (Å²) in [4.78, 5) is 4.25. The third kappa shape index (κ3) is 3.38. The van der Waals surface area contributed by atoms with Crippen LogP contribution in [0.4, 0.5) is 15.8 Å². The first-order valence-electron chi connectivity index (χ1n) is 8.46. The molecule has 6 heteroatoms. The van der Waals surface area contributed by atoms with Crippen molar-refractivity contribution < 1.29 is 13.9 Å². The van der Waals surface area contributed by atoms with Crippen LogP contribution < -0.4 is 19.3 Å². The zero-order chi connectivity index (χ0) is 18.7. The van der Waals surface area contributed by atoms with Crippen molar-refractivity contribution in [1.82, 2.24) is 0 Å². The van der Waals surface area contributed by atoms with Crippen molar-refractivity contribution in [2.75, 3.05) is 44.2 Å². The summed E-state index contributed by atoms with van der Waals surface area (Å²) in [6, 6.07) is 12.7. The van der Waals surface area contributed by atoms with E-state index in [1.54, 1.807) is 26.4 Å². The molecule has 1 unspecified atom stereocenters. The zero-order valence-corrected chi connectivity index (χ0v) is 15.2. The van der Waals surface area contributed by atoms with E-state index in [1.807, 2.05) is 36.2 Å². The van der Waals surface area contributed by atoms with Gasteiger partial charge in [0.15, 0.2) is 0 Å². The van der Waals surface area contributed by atoms with Crippen LogP contribution in [0.15, 0.2) is 36.4 Å². The van der Waals surface area contributed by atoms with E-state index in [2.05, 4.69) is 4.90 Å². The molecule has 136 valence electrons. The van der Waals surface area contributed by atoms with Gasteiger partial charge in [-0.3, -0.25) is 0 Å². The molecule has 5 nitrogen and oxygen atoms in total. The van der Waals surface area contributed by atoms with Gasteiger partial charge in [0.1, 0.15) is 28.9 Å². The standard InChI is InChI=1S/C20H22FN3O2/c1-23(20-6-4-5-19(21)18(20)12-22)14-7-8-24(13-14)15-9-16(25-2)11-17(10-15)26-3/h4-6,9-11,14H,7-8,13H2,1-3H3. The highest BCUT2D eigenvalue weighted by Gasteiger charge is 2.28. The number of nitriles is 1. The number of hydrogen-bond donors (Lipinski definition) is 0. The Morgan fingerprint density at radius 2 is 1.88 bits per heavy atom. The van der Waals surface area contributed by atoms with Gasteiger partial charge in [0.05, 0.1) is 19.9 Å². The van der Waals surface area contributed by atoms with Crippen LogP contribution in [0.3, 0.4) is 0 Å². The quantitative estimate of drug-likeness (QED) is 0.822. The van der Waals surface area contributed by atoms with E-state index in [9.17, 15) is 9.65 Å². The van der Waals surface area contributed by atoms with Crippen molar-refractivity contribution in [1.29, 1.82) is 5.26 Å². The van der Waals surface area contributed by atoms with E-state index in [0.29, 0.717) is 5.69 Å². The highest BCUT2D eigenvalue weighted by atomic mass is 19.1. The van der Waals surface area contributed by atoms with Crippen molar-refractivity contribution in [2.24, 2.45) is 0 Å². The molecule has 0 aliphatic carbocycles. The third-order valence-electron chi connectivity index (χ3n) is 4.90. The van der Waals surface area contributed by atoms with E-state index < -0.39 is 5.82 Å². The van der Waals surface area contributed by atoms with Crippen LogP contribution in [0.25, 0.3) is 0 Å². The third-order valence-corrected chi connectivity index (χ3v) is 4.90. The van der Waals surface area contributed by atoms with Gasteiger partial charge < -0.3 is 19.3 Å². The SMILES string of the molecule is COc1cc(OC)cc(N2CCC(N(C)c3cccc(F)c3C#N)C2)c1. The Labute approximate surface area is 153 Å². The minimum absolute atomic E-state index is 0.0940. The molecule has 1 aliphatic rings. The molecule has 0 N–H and O–H groups in total. The average molecular weight is 355 g/mol. The summed E-state index contributed by atoms with van der Waals surface area (Å²) >= 11 is 0. The Hall–Kier alpha value is -2.94. The Morgan fingerprint density at radius 1 is 1.19 bits per heavy atom. The van der Waals surface area contributed by atoms with E-state index in [-0.39, 0.29) is 11.6 Å². The van der Waals surface area contributed by atoms with Crippen LogP contribution in [0.5, 0.6) is 11.5 Å². The van der Waals surface area contributed by atoms with E-state index in [4.69, 9.17) is 9.47 Å². The van der Waals surface area contributed by atoms with Gasteiger partial charge in [-0.2, -0.15) is 5.26 Å². The molecule has 26 heavy (non-hydrogen) atoms. The molecule has 0 aromatic heterocycles. The van der Waals surface area contributed by atoms with Gasteiger partial charge in [0.25, 0.3) is 0 Å². The van der Waals surface area contributed by atoms with E-state index in [1.165, 1.54) is 6.07 Å². The van der Waals surface area contributed by atoms with Crippen molar-refractivity contribution in [2.45, 2.75) is 12.5 Å². The van der Waals surface area contributed by atoms with Crippen LogP contribution >= 0.6 is 0 Å². The Morgan fingerprint density at radius 3 is 2.50 bits per heavy atom. The number of halogens is 1. The number of nitrogens with zero attached hydrogens (tertiary/aromatic N) is 3. The summed E-state index contributed by atoms with van der Waals surface area (Å²) in [6.07, 6.45) is 0.914. The number of anilines is 2. The first kappa shape index (κ1) is 17.9. The van der Waals surface area contributed by atoms with Gasteiger partial charge in [0, 0.05) is 50.1 Å². The fraction of sp³-hybridized carbons (Fsp3) is 0.350. The molecule has 2 aromatic rings. The van der Waals surface area contributed by atoms with Gasteiger partial charge in [0.2, 0.25) is 0 Å². The fourth-order valence-electron chi connectivity index (χ4n) is 3.38. The van der Waals surface area contributed by atoms with Crippen LogP contribution in [-0.2, 0) is 0 Å². The number of likely N-dealkylation sites (N-methyl/N-ethyl adjacent to an activating group) is 1. The second-order valence-electron chi connectivity index (χ2n) is 6.32. The number of hydrogen-bond acceptors (Lipinski definition) is 5. The molecule has 0 bridgehead atoms. The summed E-state index contributed by atoms with van der Waals surface area (Å²) in [6.45, 7) is 1.64. The van der Waals surface area contributed by atoms with Gasteiger partial charge in [-0.25, -0.2) is 4.39 Å². The van der Waals surface area contributed by atoms with E-state index in [0.717, 1.165) is 36.7 Å². The van der Waals surface area contributed by atoms with Crippen molar-refractivity contribution in [3.8, 4) is 17.6 Å². The monoisotopic (exact) mass is 355 g/mol. The van der Waals surface area contributed by atoms with Crippen molar-refractivity contribution >= 4 is 11.4 Å². The number of rotatable bonds is 5. The molecular formula is C20H22FN3O2. The fourth-order valence-corrected chi connectivity index (χ4v) is 3.38. The first-order chi connectivity index (χ1) is 12.6. The normalized spacial score (nSPS) is 16.3. The second kappa shape index (κ2) is 7.52. The minimum Gasteiger partial charge on any atom is -0.497 e. The lowest BCUT2D eigenvalue weighted by Gasteiger charge is -2.28. The maximum atomic E-state index is 13.9. The van der Waals surface area contributed by atoms with Gasteiger partial charge >= 0.3 is 0 Å². The second-order valence-corrected chi connectivity index (χ2v) is 6.32. The maximum Gasteiger partial charge on any atom is 0.143 e. The number of ether oxygens (including phenoxy) is 2. The molecule has 0 saturated carbocycles. The lowest BCUT2D eigenvalue weighted by atomic mass is 10.1. The molecule has 1 fully saturated rings. The van der Waals surface area contributed by atoms with Crippen LogP contribution in [0, 0.1) is 17.1 Å². The van der Waals surface area contributed by atoms with Crippen molar-refractivity contribution in [3.05, 3.63) is 47.8 Å².